The van der Waals surface area contributed by atoms with Crippen molar-refractivity contribution in [2.24, 2.45) is 5.92 Å². The number of nitrogens with zero attached hydrogens (tertiary/aromatic N) is 2. The first kappa shape index (κ1) is 13.7. The number of carbonyl (C=O) groups excluding carboxylic acids is 1. The minimum atomic E-state index is -0.278. The van der Waals surface area contributed by atoms with E-state index >= 15 is 0 Å². The van der Waals surface area contributed by atoms with Crippen LogP contribution in [0.5, 0.6) is 0 Å². The van der Waals surface area contributed by atoms with Crippen molar-refractivity contribution in [1.82, 2.24) is 14.9 Å². The van der Waals surface area contributed by atoms with Gasteiger partial charge in [-0.3, -0.25) is 10.1 Å². The van der Waals surface area contributed by atoms with Crippen molar-refractivity contribution in [1.29, 1.82) is 0 Å². The van der Waals surface area contributed by atoms with Gasteiger partial charge in [0.2, 0.25) is 0 Å². The highest BCUT2D eigenvalue weighted by Gasteiger charge is 2.22. The van der Waals surface area contributed by atoms with Gasteiger partial charge in [-0.2, -0.15) is 0 Å². The molecule has 0 aromatic carbocycles. The van der Waals surface area contributed by atoms with E-state index in [0.29, 0.717) is 6.54 Å². The maximum Gasteiger partial charge on any atom is 0.323 e. The lowest BCUT2D eigenvalue weighted by Gasteiger charge is -2.20. The number of aryl methyl sites for hydroxylation is 1. The molecular formula is C12H21N3O2. The van der Waals surface area contributed by atoms with Crippen molar-refractivity contribution < 1.29 is 9.53 Å². The van der Waals surface area contributed by atoms with Gasteiger partial charge in [0.25, 0.3) is 0 Å². The van der Waals surface area contributed by atoms with Crippen LogP contribution in [0.2, 0.25) is 0 Å². The Kier molecular flexibility index (Phi) is 5.15. The summed E-state index contributed by atoms with van der Waals surface area (Å²) < 4.78 is 6.82. The minimum absolute atomic E-state index is 0.195. The van der Waals surface area contributed by atoms with Gasteiger partial charge < -0.3 is 9.30 Å². The summed E-state index contributed by atoms with van der Waals surface area (Å²) in [5.41, 5.74) is 1.07. The normalized spacial score (nSPS) is 12.8. The summed E-state index contributed by atoms with van der Waals surface area (Å²) in [5, 5.41) is 3.21. The molecule has 0 radical (unpaired) electrons. The number of hydrogen-bond acceptors (Lipinski definition) is 4. The second-order valence-corrected chi connectivity index (χ2v) is 4.30. The van der Waals surface area contributed by atoms with Crippen LogP contribution in [0.15, 0.2) is 12.5 Å². The average molecular weight is 239 g/mol. The average Bonchev–Trinajstić information content (AvgIpc) is 2.75. The van der Waals surface area contributed by atoms with Gasteiger partial charge >= 0.3 is 5.97 Å². The Labute approximate surface area is 102 Å². The van der Waals surface area contributed by atoms with E-state index in [4.69, 9.17) is 4.74 Å². The fraction of sp³-hybridized carbons (Fsp3) is 0.667. The number of carbonyl (C=O) groups is 1. The first-order chi connectivity index (χ1) is 8.10. The quantitative estimate of drug-likeness (QED) is 0.758. The molecule has 17 heavy (non-hydrogen) atoms. The molecule has 1 rings (SSSR count). The molecule has 0 amide bonds. The third-order valence-electron chi connectivity index (χ3n) is 2.76. The summed E-state index contributed by atoms with van der Waals surface area (Å²) in [6.07, 6.45) is 3.60. The maximum absolute atomic E-state index is 11.6. The van der Waals surface area contributed by atoms with E-state index in [1.807, 2.05) is 24.6 Å². The van der Waals surface area contributed by atoms with Crippen molar-refractivity contribution >= 4 is 5.97 Å². The Hall–Kier alpha value is -1.36. The van der Waals surface area contributed by atoms with Gasteiger partial charge in [-0.1, -0.05) is 13.8 Å². The first-order valence-corrected chi connectivity index (χ1v) is 5.90. The highest BCUT2D eigenvalue weighted by Crippen LogP contribution is 2.06. The van der Waals surface area contributed by atoms with Crippen LogP contribution in [-0.4, -0.2) is 28.7 Å². The second-order valence-electron chi connectivity index (χ2n) is 4.30. The van der Waals surface area contributed by atoms with E-state index in [-0.39, 0.29) is 17.9 Å². The Bertz CT molecular complexity index is 360. The monoisotopic (exact) mass is 239 g/mol. The molecule has 0 fully saturated rings. The molecule has 5 nitrogen and oxygen atoms in total. The van der Waals surface area contributed by atoms with Gasteiger partial charge in [-0.05, 0) is 12.8 Å². The number of hydrogen-bond donors (Lipinski definition) is 1. The third kappa shape index (κ3) is 3.56. The predicted octanol–water partition coefficient (Wildman–Crippen LogP) is 1.19. The van der Waals surface area contributed by atoms with E-state index in [2.05, 4.69) is 17.2 Å². The number of aromatic nitrogens is 2. The summed E-state index contributed by atoms with van der Waals surface area (Å²) in [5.74, 6) is -0.0250. The third-order valence-corrected chi connectivity index (χ3v) is 2.76. The molecule has 0 spiro atoms. The molecule has 0 bridgehead atoms. The predicted molar refractivity (Wildman–Crippen MR) is 65.4 cm³/mol. The molecule has 0 aliphatic rings. The number of nitrogens with one attached hydrogen (secondary N) is 1. The van der Waals surface area contributed by atoms with Crippen molar-refractivity contribution in [2.45, 2.75) is 39.9 Å². The lowest BCUT2D eigenvalue weighted by atomic mass is 10.0. The Morgan fingerprint density at radius 2 is 2.29 bits per heavy atom. The molecule has 1 aromatic rings. The largest absolute Gasteiger partial charge is 0.468 e. The van der Waals surface area contributed by atoms with Crippen LogP contribution in [0.25, 0.3) is 0 Å². The maximum atomic E-state index is 11.6. The molecule has 0 saturated carbocycles. The number of ether oxygens (including phenoxy) is 1. The first-order valence-electron chi connectivity index (χ1n) is 5.90. The van der Waals surface area contributed by atoms with Crippen molar-refractivity contribution in [2.75, 3.05) is 7.11 Å². The van der Waals surface area contributed by atoms with Gasteiger partial charge in [0.05, 0.1) is 19.1 Å². The fourth-order valence-electron chi connectivity index (χ4n) is 1.71. The molecule has 1 atom stereocenters. The zero-order valence-electron chi connectivity index (χ0n) is 10.9. The highest BCUT2D eigenvalue weighted by atomic mass is 16.5. The molecule has 1 N–H and O–H groups in total. The molecule has 0 aliphatic heterocycles. The zero-order valence-corrected chi connectivity index (χ0v) is 10.9. The molecule has 1 heterocycles. The molecule has 96 valence electrons. The van der Waals surface area contributed by atoms with E-state index in [9.17, 15) is 4.79 Å². The Balaban J connectivity index is 2.61. The van der Waals surface area contributed by atoms with E-state index in [1.165, 1.54) is 7.11 Å². The zero-order chi connectivity index (χ0) is 12.8. The van der Waals surface area contributed by atoms with Crippen LogP contribution < -0.4 is 5.32 Å². The van der Waals surface area contributed by atoms with E-state index < -0.39 is 0 Å². The van der Waals surface area contributed by atoms with Gasteiger partial charge in [-0.25, -0.2) is 4.98 Å². The van der Waals surface area contributed by atoms with Crippen LogP contribution in [0.4, 0.5) is 0 Å². The summed E-state index contributed by atoms with van der Waals surface area (Å²) >= 11 is 0. The van der Waals surface area contributed by atoms with Crippen molar-refractivity contribution in [3.63, 3.8) is 0 Å². The van der Waals surface area contributed by atoms with Crippen LogP contribution in [0.3, 0.4) is 0 Å². The topological polar surface area (TPSA) is 56.2 Å². The van der Waals surface area contributed by atoms with Gasteiger partial charge in [0.1, 0.15) is 6.04 Å². The standard InChI is InChI=1S/C12H21N3O2/c1-5-15-8-13-6-10(15)7-14-11(9(2)3)12(16)17-4/h6,8-9,11,14H,5,7H2,1-4H3. The fourth-order valence-corrected chi connectivity index (χ4v) is 1.71. The smallest absolute Gasteiger partial charge is 0.323 e. The van der Waals surface area contributed by atoms with Gasteiger partial charge in [0, 0.05) is 19.3 Å². The SMILES string of the molecule is CCn1cncc1CNC(C(=O)OC)C(C)C. The van der Waals surface area contributed by atoms with E-state index in [1.54, 1.807) is 6.33 Å². The molecule has 0 aliphatic carbocycles. The van der Waals surface area contributed by atoms with E-state index in [0.717, 1.165) is 12.2 Å². The summed E-state index contributed by atoms with van der Waals surface area (Å²) in [6.45, 7) is 7.54. The van der Waals surface area contributed by atoms with Crippen molar-refractivity contribution in [3.05, 3.63) is 18.2 Å². The number of esters is 1. The molecule has 1 aromatic heterocycles. The molecular weight excluding hydrogens is 218 g/mol. The number of rotatable bonds is 6. The minimum Gasteiger partial charge on any atom is -0.468 e. The van der Waals surface area contributed by atoms with Crippen LogP contribution in [-0.2, 0) is 22.6 Å². The van der Waals surface area contributed by atoms with Gasteiger partial charge in [0.15, 0.2) is 0 Å². The van der Waals surface area contributed by atoms with Crippen LogP contribution >= 0.6 is 0 Å². The Morgan fingerprint density at radius 1 is 1.59 bits per heavy atom. The van der Waals surface area contributed by atoms with Crippen LogP contribution in [0, 0.1) is 5.92 Å². The molecule has 1 unspecified atom stereocenters. The highest BCUT2D eigenvalue weighted by molar-refractivity contribution is 5.75. The molecule has 5 heteroatoms. The molecule has 0 saturated heterocycles. The lowest BCUT2D eigenvalue weighted by Crippen LogP contribution is -2.41. The lowest BCUT2D eigenvalue weighted by molar-refractivity contribution is -0.144. The number of imidazole rings is 1. The summed E-state index contributed by atoms with van der Waals surface area (Å²) in [7, 11) is 1.41. The van der Waals surface area contributed by atoms with Crippen molar-refractivity contribution in [3.8, 4) is 0 Å². The van der Waals surface area contributed by atoms with Gasteiger partial charge in [-0.15, -0.1) is 0 Å². The number of methoxy groups -OCH3 is 1. The summed E-state index contributed by atoms with van der Waals surface area (Å²) in [4.78, 5) is 15.6. The summed E-state index contributed by atoms with van der Waals surface area (Å²) in [6, 6.07) is -0.278. The second kappa shape index (κ2) is 6.39. The Morgan fingerprint density at radius 3 is 2.82 bits per heavy atom. The van der Waals surface area contributed by atoms with Crippen LogP contribution in [0.1, 0.15) is 26.5 Å².